The van der Waals surface area contributed by atoms with Crippen LogP contribution in [-0.4, -0.2) is 32.4 Å². The Morgan fingerprint density at radius 2 is 1.96 bits per heavy atom. The standard InChI is InChI=1S/C15H18O2.C5H11N/c1-3-16-11-12(2)17-15-10-6-8-13-7-4-5-9-14(13)15;1-5-2-3-6-4-5/h4-10,12H,3,11H2,1-2H3;5-6H,2-4H2,1H3. The van der Waals surface area contributed by atoms with Gasteiger partial charge in [0.25, 0.3) is 0 Å². The summed E-state index contributed by atoms with van der Waals surface area (Å²) >= 11 is 0. The number of benzene rings is 2. The third-order valence-electron chi connectivity index (χ3n) is 3.94. The van der Waals surface area contributed by atoms with Crippen LogP contribution in [0.1, 0.15) is 27.2 Å². The van der Waals surface area contributed by atoms with Crippen molar-refractivity contribution in [3.8, 4) is 5.75 Å². The molecule has 1 N–H and O–H groups in total. The fourth-order valence-electron chi connectivity index (χ4n) is 2.63. The van der Waals surface area contributed by atoms with Crippen molar-refractivity contribution in [3.05, 3.63) is 42.5 Å². The van der Waals surface area contributed by atoms with Crippen LogP contribution in [0.15, 0.2) is 42.5 Å². The SMILES string of the molecule is CC1CCNC1.CCOCC(C)Oc1cccc2ccccc12. The van der Waals surface area contributed by atoms with Crippen LogP contribution in [-0.2, 0) is 4.74 Å². The third-order valence-corrected chi connectivity index (χ3v) is 3.94. The van der Waals surface area contributed by atoms with Crippen LogP contribution in [0.4, 0.5) is 0 Å². The zero-order chi connectivity index (χ0) is 16.5. The molecule has 0 amide bonds. The fourth-order valence-corrected chi connectivity index (χ4v) is 2.63. The van der Waals surface area contributed by atoms with Crippen molar-refractivity contribution in [2.24, 2.45) is 5.92 Å². The van der Waals surface area contributed by atoms with E-state index in [1.165, 1.54) is 24.9 Å². The summed E-state index contributed by atoms with van der Waals surface area (Å²) in [6.45, 7) is 10.1. The average molecular weight is 315 g/mol. The van der Waals surface area contributed by atoms with E-state index >= 15 is 0 Å². The fraction of sp³-hybridized carbons (Fsp3) is 0.500. The van der Waals surface area contributed by atoms with Crippen molar-refractivity contribution >= 4 is 10.8 Å². The number of ether oxygens (including phenoxy) is 2. The zero-order valence-corrected chi connectivity index (χ0v) is 14.5. The number of fused-ring (bicyclic) bond motifs is 1. The zero-order valence-electron chi connectivity index (χ0n) is 14.5. The number of hydrogen-bond donors (Lipinski definition) is 1. The summed E-state index contributed by atoms with van der Waals surface area (Å²) < 4.78 is 11.3. The van der Waals surface area contributed by atoms with E-state index in [1.54, 1.807) is 0 Å². The van der Waals surface area contributed by atoms with Crippen molar-refractivity contribution < 1.29 is 9.47 Å². The topological polar surface area (TPSA) is 30.5 Å². The Labute approximate surface area is 140 Å². The molecule has 0 bridgehead atoms. The molecular weight excluding hydrogens is 286 g/mol. The second kappa shape index (κ2) is 9.53. The summed E-state index contributed by atoms with van der Waals surface area (Å²) in [6.07, 6.45) is 1.45. The molecular formula is C20H29NO2. The first kappa shape index (κ1) is 17.8. The smallest absolute Gasteiger partial charge is 0.127 e. The van der Waals surface area contributed by atoms with Gasteiger partial charge in [-0.15, -0.1) is 0 Å². The molecule has 23 heavy (non-hydrogen) atoms. The summed E-state index contributed by atoms with van der Waals surface area (Å²) in [5, 5.41) is 5.63. The molecule has 1 aliphatic heterocycles. The molecule has 0 radical (unpaired) electrons. The summed E-state index contributed by atoms with van der Waals surface area (Å²) in [4.78, 5) is 0. The van der Waals surface area contributed by atoms with E-state index in [-0.39, 0.29) is 6.10 Å². The minimum atomic E-state index is 0.0701. The largest absolute Gasteiger partial charge is 0.488 e. The van der Waals surface area contributed by atoms with E-state index in [0.29, 0.717) is 6.61 Å². The lowest BCUT2D eigenvalue weighted by atomic mass is 10.1. The van der Waals surface area contributed by atoms with Gasteiger partial charge in [0.2, 0.25) is 0 Å². The molecule has 1 saturated heterocycles. The summed E-state index contributed by atoms with van der Waals surface area (Å²) in [5.74, 6) is 1.86. The van der Waals surface area contributed by atoms with Gasteiger partial charge in [-0.3, -0.25) is 0 Å². The monoisotopic (exact) mass is 315 g/mol. The summed E-state index contributed by atoms with van der Waals surface area (Å²) in [6, 6.07) is 14.4. The first-order chi connectivity index (χ1) is 11.2. The molecule has 0 spiro atoms. The van der Waals surface area contributed by atoms with Gasteiger partial charge in [-0.1, -0.05) is 43.3 Å². The van der Waals surface area contributed by atoms with Gasteiger partial charge >= 0.3 is 0 Å². The lowest BCUT2D eigenvalue weighted by Crippen LogP contribution is -2.19. The van der Waals surface area contributed by atoms with Crippen LogP contribution in [0, 0.1) is 5.92 Å². The van der Waals surface area contributed by atoms with Crippen molar-refractivity contribution in [1.29, 1.82) is 0 Å². The van der Waals surface area contributed by atoms with E-state index in [4.69, 9.17) is 9.47 Å². The van der Waals surface area contributed by atoms with E-state index in [9.17, 15) is 0 Å². The molecule has 2 unspecified atom stereocenters. The molecule has 2 atom stereocenters. The van der Waals surface area contributed by atoms with Gasteiger partial charge in [0.1, 0.15) is 11.9 Å². The highest BCUT2D eigenvalue weighted by Crippen LogP contribution is 2.25. The molecule has 0 aromatic heterocycles. The Morgan fingerprint density at radius 3 is 2.61 bits per heavy atom. The molecule has 0 saturated carbocycles. The molecule has 3 rings (SSSR count). The highest BCUT2D eigenvalue weighted by Gasteiger charge is 2.07. The van der Waals surface area contributed by atoms with Gasteiger partial charge in [-0.05, 0) is 50.7 Å². The molecule has 3 nitrogen and oxygen atoms in total. The van der Waals surface area contributed by atoms with Crippen molar-refractivity contribution in [1.82, 2.24) is 5.32 Å². The molecule has 126 valence electrons. The molecule has 3 heteroatoms. The summed E-state index contributed by atoms with van der Waals surface area (Å²) in [7, 11) is 0. The number of hydrogen-bond acceptors (Lipinski definition) is 3. The Bertz CT molecular complexity index is 573. The number of nitrogens with one attached hydrogen (secondary N) is 1. The van der Waals surface area contributed by atoms with Crippen molar-refractivity contribution in [3.63, 3.8) is 0 Å². The van der Waals surface area contributed by atoms with Crippen molar-refractivity contribution in [2.45, 2.75) is 33.3 Å². The minimum Gasteiger partial charge on any atom is -0.488 e. The first-order valence-corrected chi connectivity index (χ1v) is 8.63. The maximum absolute atomic E-state index is 5.90. The van der Waals surface area contributed by atoms with Crippen LogP contribution >= 0.6 is 0 Å². The van der Waals surface area contributed by atoms with E-state index in [1.807, 2.05) is 38.1 Å². The van der Waals surface area contributed by atoms with E-state index < -0.39 is 0 Å². The normalized spacial score (nSPS) is 18.3. The second-order valence-electron chi connectivity index (χ2n) is 6.16. The predicted molar refractivity (Wildman–Crippen MR) is 97.2 cm³/mol. The van der Waals surface area contributed by atoms with E-state index in [2.05, 4.69) is 30.4 Å². The third kappa shape index (κ3) is 5.85. The van der Waals surface area contributed by atoms with Crippen LogP contribution in [0.3, 0.4) is 0 Å². The van der Waals surface area contributed by atoms with Crippen LogP contribution in [0.5, 0.6) is 5.75 Å². The van der Waals surface area contributed by atoms with Gasteiger partial charge < -0.3 is 14.8 Å². The molecule has 2 aromatic carbocycles. The highest BCUT2D eigenvalue weighted by molar-refractivity contribution is 5.88. The molecule has 1 fully saturated rings. The maximum atomic E-state index is 5.90. The van der Waals surface area contributed by atoms with Gasteiger partial charge in [0, 0.05) is 12.0 Å². The lowest BCUT2D eigenvalue weighted by Gasteiger charge is -2.16. The summed E-state index contributed by atoms with van der Waals surface area (Å²) in [5.41, 5.74) is 0. The lowest BCUT2D eigenvalue weighted by molar-refractivity contribution is 0.0665. The number of rotatable bonds is 5. The van der Waals surface area contributed by atoms with Crippen LogP contribution in [0.25, 0.3) is 10.8 Å². The van der Waals surface area contributed by atoms with Crippen LogP contribution < -0.4 is 10.1 Å². The molecule has 0 aliphatic carbocycles. The van der Waals surface area contributed by atoms with Gasteiger partial charge in [0.05, 0.1) is 6.61 Å². The van der Waals surface area contributed by atoms with E-state index in [0.717, 1.165) is 23.7 Å². The average Bonchev–Trinajstić information content (AvgIpc) is 3.05. The Balaban J connectivity index is 0.000000268. The van der Waals surface area contributed by atoms with Gasteiger partial charge in [0.15, 0.2) is 0 Å². The minimum absolute atomic E-state index is 0.0701. The second-order valence-corrected chi connectivity index (χ2v) is 6.16. The van der Waals surface area contributed by atoms with Crippen LogP contribution in [0.2, 0.25) is 0 Å². The molecule has 1 aliphatic rings. The Kier molecular flexibility index (Phi) is 7.37. The molecule has 2 aromatic rings. The maximum Gasteiger partial charge on any atom is 0.127 e. The first-order valence-electron chi connectivity index (χ1n) is 8.63. The molecule has 1 heterocycles. The van der Waals surface area contributed by atoms with Gasteiger partial charge in [-0.25, -0.2) is 0 Å². The van der Waals surface area contributed by atoms with Gasteiger partial charge in [-0.2, -0.15) is 0 Å². The highest BCUT2D eigenvalue weighted by atomic mass is 16.5. The van der Waals surface area contributed by atoms with Crippen molar-refractivity contribution in [2.75, 3.05) is 26.3 Å². The quantitative estimate of drug-likeness (QED) is 0.894. The predicted octanol–water partition coefficient (Wildman–Crippen LogP) is 4.26. The Morgan fingerprint density at radius 1 is 1.17 bits per heavy atom. The Hall–Kier alpha value is -1.58.